The molecule has 0 saturated carbocycles. The predicted octanol–water partition coefficient (Wildman–Crippen LogP) is 2.66. The summed E-state index contributed by atoms with van der Waals surface area (Å²) < 4.78 is 0. The monoisotopic (exact) mass is 114 g/mol. The molecule has 48 valence electrons. The van der Waals surface area contributed by atoms with Crippen LogP contribution in [0.25, 0.3) is 0 Å². The van der Waals surface area contributed by atoms with Crippen molar-refractivity contribution in [1.82, 2.24) is 0 Å². The Bertz CT molecular complexity index is 62.4. The number of hydrogen-bond acceptors (Lipinski definition) is 1. The number of hydrogen-bond donors (Lipinski definition) is 1. The highest BCUT2D eigenvalue weighted by atomic mass is 16.3. The van der Waals surface area contributed by atoms with Crippen LogP contribution < -0.4 is 0 Å². The molecule has 0 spiro atoms. The Morgan fingerprint density at radius 3 is 1.12 bits per heavy atom. The molecule has 0 aliphatic heterocycles. The summed E-state index contributed by atoms with van der Waals surface area (Å²) in [4.78, 5) is 0. The molecule has 0 bridgehead atoms. The van der Waals surface area contributed by atoms with Gasteiger partial charge in [0.1, 0.15) is 0 Å². The Labute approximate surface area is 51.3 Å². The lowest BCUT2D eigenvalue weighted by Crippen LogP contribution is -1.54. The highest BCUT2D eigenvalue weighted by Gasteiger charge is 1.53. The fourth-order valence-corrected chi connectivity index (χ4v) is 0. The fraction of sp³-hybridized carbons (Fsp3) is 0.429. The zero-order valence-corrected chi connectivity index (χ0v) is 5.86. The molecular weight excluding hydrogens is 100 g/mol. The molecule has 1 N–H and O–H groups in total. The maximum Gasteiger partial charge on any atom is 0.0820 e. The first-order valence-corrected chi connectivity index (χ1v) is 2.43. The van der Waals surface area contributed by atoms with E-state index in [4.69, 9.17) is 5.11 Å². The molecule has 0 saturated heterocycles. The maximum absolute atomic E-state index is 7.86. The van der Waals surface area contributed by atoms with E-state index in [-0.39, 0.29) is 5.76 Å². The third-order valence-electron chi connectivity index (χ3n) is 0. The van der Waals surface area contributed by atoms with Crippen LogP contribution in [0.3, 0.4) is 0 Å². The van der Waals surface area contributed by atoms with Crippen molar-refractivity contribution in [2.45, 2.75) is 20.8 Å². The summed E-state index contributed by atoms with van der Waals surface area (Å²) in [6.45, 7) is 12.1. The van der Waals surface area contributed by atoms with Crippen LogP contribution in [-0.2, 0) is 0 Å². The molecule has 0 aromatic heterocycles. The van der Waals surface area contributed by atoms with Gasteiger partial charge in [-0.15, -0.1) is 6.58 Å². The van der Waals surface area contributed by atoms with Crippen LogP contribution in [-0.4, -0.2) is 5.11 Å². The summed E-state index contributed by atoms with van der Waals surface area (Å²) in [5.74, 6) is 0.167. The number of allylic oxidation sites excluding steroid dienone is 2. The molecule has 0 aliphatic carbocycles. The van der Waals surface area contributed by atoms with Crippen LogP contribution in [0.15, 0.2) is 24.5 Å². The summed E-state index contributed by atoms with van der Waals surface area (Å²) in [6.07, 6.45) is 0. The normalized spacial score (nSPS) is 6.38. The lowest BCUT2D eigenvalue weighted by molar-refractivity contribution is 0.417. The van der Waals surface area contributed by atoms with Crippen LogP contribution in [0.1, 0.15) is 20.8 Å². The van der Waals surface area contributed by atoms with Crippen molar-refractivity contribution in [1.29, 1.82) is 0 Å². The van der Waals surface area contributed by atoms with E-state index in [1.165, 1.54) is 12.5 Å². The van der Waals surface area contributed by atoms with Crippen molar-refractivity contribution < 1.29 is 5.11 Å². The fourth-order valence-electron chi connectivity index (χ4n) is 0. The Kier molecular flexibility index (Phi) is 8.08. The van der Waals surface area contributed by atoms with Gasteiger partial charge in [-0.2, -0.15) is 0 Å². The summed E-state index contributed by atoms with van der Waals surface area (Å²) in [5.41, 5.74) is 1.17. The summed E-state index contributed by atoms with van der Waals surface area (Å²) in [7, 11) is 0. The smallest absolute Gasteiger partial charge is 0.0820 e. The molecule has 0 radical (unpaired) electrons. The van der Waals surface area contributed by atoms with Crippen molar-refractivity contribution in [3.63, 3.8) is 0 Å². The molecule has 0 amide bonds. The van der Waals surface area contributed by atoms with E-state index in [1.807, 2.05) is 13.8 Å². The van der Waals surface area contributed by atoms with E-state index in [0.29, 0.717) is 0 Å². The molecule has 0 fully saturated rings. The van der Waals surface area contributed by atoms with E-state index in [2.05, 4.69) is 13.2 Å². The van der Waals surface area contributed by atoms with Gasteiger partial charge in [-0.3, -0.25) is 0 Å². The first-order valence-electron chi connectivity index (χ1n) is 2.43. The van der Waals surface area contributed by atoms with Crippen molar-refractivity contribution in [2.24, 2.45) is 0 Å². The molecule has 0 aromatic carbocycles. The first-order chi connectivity index (χ1) is 3.46. The van der Waals surface area contributed by atoms with Gasteiger partial charge in [-0.05, 0) is 20.8 Å². The van der Waals surface area contributed by atoms with Crippen molar-refractivity contribution in [3.05, 3.63) is 24.5 Å². The highest BCUT2D eigenvalue weighted by Crippen LogP contribution is 1.73. The minimum Gasteiger partial charge on any atom is -0.513 e. The van der Waals surface area contributed by atoms with Gasteiger partial charge in [0.25, 0.3) is 0 Å². The second-order valence-corrected chi connectivity index (χ2v) is 1.94. The molecule has 0 rings (SSSR count). The second-order valence-electron chi connectivity index (χ2n) is 1.94. The average Bonchev–Trinajstić information content (AvgIpc) is 1.25. The largest absolute Gasteiger partial charge is 0.513 e. The van der Waals surface area contributed by atoms with Crippen LogP contribution in [0, 0.1) is 0 Å². The summed E-state index contributed by atoms with van der Waals surface area (Å²) >= 11 is 0. The summed E-state index contributed by atoms with van der Waals surface area (Å²) in [5, 5.41) is 7.86. The van der Waals surface area contributed by atoms with E-state index < -0.39 is 0 Å². The van der Waals surface area contributed by atoms with E-state index in [1.54, 1.807) is 0 Å². The first kappa shape index (κ1) is 10.3. The second kappa shape index (κ2) is 6.28. The van der Waals surface area contributed by atoms with E-state index >= 15 is 0 Å². The molecule has 0 heterocycles. The summed E-state index contributed by atoms with van der Waals surface area (Å²) in [6, 6.07) is 0. The van der Waals surface area contributed by atoms with Gasteiger partial charge in [0.15, 0.2) is 0 Å². The molecule has 0 unspecified atom stereocenters. The van der Waals surface area contributed by atoms with Gasteiger partial charge in [-0.1, -0.05) is 12.2 Å². The van der Waals surface area contributed by atoms with Gasteiger partial charge >= 0.3 is 0 Å². The molecular formula is C7H14O. The Balaban J connectivity index is 0. The van der Waals surface area contributed by atoms with E-state index in [0.717, 1.165) is 0 Å². The van der Waals surface area contributed by atoms with Gasteiger partial charge in [0, 0.05) is 0 Å². The number of aliphatic hydroxyl groups excluding tert-OH is 1. The van der Waals surface area contributed by atoms with Crippen molar-refractivity contribution in [3.8, 4) is 0 Å². The zero-order chi connectivity index (χ0) is 7.15. The number of rotatable bonds is 0. The lowest BCUT2D eigenvalue weighted by Gasteiger charge is -1.68. The minimum absolute atomic E-state index is 0.167. The highest BCUT2D eigenvalue weighted by molar-refractivity contribution is 4.78. The zero-order valence-electron chi connectivity index (χ0n) is 5.86. The molecule has 8 heavy (non-hydrogen) atoms. The molecule has 1 heteroatoms. The predicted molar refractivity (Wildman–Crippen MR) is 37.9 cm³/mol. The minimum atomic E-state index is 0.167. The molecule has 0 atom stereocenters. The third-order valence-corrected chi connectivity index (χ3v) is 0. The van der Waals surface area contributed by atoms with Crippen molar-refractivity contribution in [2.75, 3.05) is 0 Å². The van der Waals surface area contributed by atoms with E-state index in [9.17, 15) is 0 Å². The SMILES string of the molecule is C=C(C)C.C=C(C)O. The molecule has 0 aromatic rings. The quantitative estimate of drug-likeness (QED) is 0.379. The molecule has 0 aliphatic rings. The average molecular weight is 114 g/mol. The Hall–Kier alpha value is -0.720. The van der Waals surface area contributed by atoms with Crippen LogP contribution in [0.4, 0.5) is 0 Å². The molecule has 1 nitrogen and oxygen atoms in total. The topological polar surface area (TPSA) is 20.2 Å². The Morgan fingerprint density at radius 2 is 1.12 bits per heavy atom. The van der Waals surface area contributed by atoms with Gasteiger partial charge in [-0.25, -0.2) is 0 Å². The number of aliphatic hydroxyl groups is 1. The van der Waals surface area contributed by atoms with Crippen molar-refractivity contribution >= 4 is 0 Å². The van der Waals surface area contributed by atoms with Crippen LogP contribution in [0.2, 0.25) is 0 Å². The van der Waals surface area contributed by atoms with Gasteiger partial charge in [0.2, 0.25) is 0 Å². The maximum atomic E-state index is 7.86. The lowest BCUT2D eigenvalue weighted by atomic mass is 10.4. The standard InChI is InChI=1S/C4H8.C3H6O/c1-4(2)3;1-3(2)4/h1H2,2-3H3;4H,1H2,2H3. The van der Waals surface area contributed by atoms with Gasteiger partial charge < -0.3 is 5.11 Å². The van der Waals surface area contributed by atoms with Crippen LogP contribution in [0.5, 0.6) is 0 Å². The Morgan fingerprint density at radius 1 is 1.12 bits per heavy atom. The van der Waals surface area contributed by atoms with Crippen LogP contribution >= 0.6 is 0 Å². The third kappa shape index (κ3) is 187. The van der Waals surface area contributed by atoms with Gasteiger partial charge in [0.05, 0.1) is 5.76 Å².